The molecular weight excluding hydrogens is 308 g/mol. The van der Waals surface area contributed by atoms with Gasteiger partial charge in [0.25, 0.3) is 0 Å². The lowest BCUT2D eigenvalue weighted by Crippen LogP contribution is -2.38. The van der Waals surface area contributed by atoms with E-state index in [0.717, 1.165) is 18.0 Å². The summed E-state index contributed by atoms with van der Waals surface area (Å²) in [6.45, 7) is 2.82. The van der Waals surface area contributed by atoms with Gasteiger partial charge in [-0.05, 0) is 26.0 Å². The van der Waals surface area contributed by atoms with Crippen LogP contribution < -0.4 is 4.74 Å². The number of hydrogen-bond acceptors (Lipinski definition) is 5. The zero-order valence-corrected chi connectivity index (χ0v) is 14.0. The molecule has 0 amide bonds. The van der Waals surface area contributed by atoms with E-state index in [1.807, 2.05) is 18.7 Å². The lowest BCUT2D eigenvalue weighted by Gasteiger charge is -2.41. The molecule has 1 atom stereocenters. The summed E-state index contributed by atoms with van der Waals surface area (Å²) in [6, 6.07) is 0. The summed E-state index contributed by atoms with van der Waals surface area (Å²) in [5.74, 6) is 1.34. The van der Waals surface area contributed by atoms with Crippen LogP contribution in [0.5, 0.6) is 5.88 Å². The average Bonchev–Trinajstić information content (AvgIpc) is 2.81. The number of methoxy groups -OCH3 is 1. The van der Waals surface area contributed by atoms with E-state index >= 15 is 0 Å². The minimum absolute atomic E-state index is 0.178. The Morgan fingerprint density at radius 3 is 2.76 bits per heavy atom. The first-order valence-corrected chi connectivity index (χ1v) is 8.71. The first-order valence-electron chi connectivity index (χ1n) is 7.04. The van der Waals surface area contributed by atoms with Gasteiger partial charge in [-0.2, -0.15) is 16.7 Å². The number of ether oxygens (including phenoxy) is 1. The maximum absolute atomic E-state index is 6.33. The van der Waals surface area contributed by atoms with Gasteiger partial charge >= 0.3 is 0 Å². The molecule has 114 valence electrons. The van der Waals surface area contributed by atoms with Gasteiger partial charge in [0.05, 0.1) is 12.5 Å². The molecule has 5 nitrogen and oxygen atoms in total. The van der Waals surface area contributed by atoms with Crippen LogP contribution in [-0.4, -0.2) is 37.6 Å². The Morgan fingerprint density at radius 1 is 1.48 bits per heavy atom. The van der Waals surface area contributed by atoms with Gasteiger partial charge in [0, 0.05) is 11.3 Å². The van der Waals surface area contributed by atoms with Crippen molar-refractivity contribution >= 4 is 34.5 Å². The van der Waals surface area contributed by atoms with Gasteiger partial charge in [-0.15, -0.1) is 11.6 Å². The molecule has 1 aliphatic rings. The van der Waals surface area contributed by atoms with Crippen molar-refractivity contribution in [2.45, 2.75) is 42.9 Å². The van der Waals surface area contributed by atoms with Gasteiger partial charge in [-0.25, -0.2) is 9.97 Å². The summed E-state index contributed by atoms with van der Waals surface area (Å²) >= 11 is 8.26. The van der Waals surface area contributed by atoms with E-state index in [0.29, 0.717) is 11.4 Å². The number of fused-ring (bicyclic) bond motifs is 1. The van der Waals surface area contributed by atoms with Crippen LogP contribution in [0.15, 0.2) is 6.33 Å². The van der Waals surface area contributed by atoms with Crippen LogP contribution in [0.4, 0.5) is 0 Å². The van der Waals surface area contributed by atoms with Gasteiger partial charge in [0.15, 0.2) is 11.2 Å². The van der Waals surface area contributed by atoms with Gasteiger partial charge in [0.2, 0.25) is 5.88 Å². The molecule has 1 unspecified atom stereocenters. The Hall–Kier alpha value is -1.01. The molecule has 3 rings (SSSR count). The molecule has 2 aromatic rings. The van der Waals surface area contributed by atoms with E-state index in [4.69, 9.17) is 16.3 Å². The number of alkyl halides is 1. The average molecular weight is 327 g/mol. The van der Waals surface area contributed by atoms with E-state index in [2.05, 4.69) is 25.8 Å². The van der Waals surface area contributed by atoms with Crippen LogP contribution >= 0.6 is 23.4 Å². The third kappa shape index (κ3) is 2.48. The van der Waals surface area contributed by atoms with Crippen LogP contribution in [0.2, 0.25) is 0 Å². The molecule has 0 bridgehead atoms. The number of hydrogen-bond donors (Lipinski definition) is 0. The van der Waals surface area contributed by atoms with Crippen molar-refractivity contribution < 1.29 is 4.74 Å². The summed E-state index contributed by atoms with van der Waals surface area (Å²) in [7, 11) is 1.60. The first kappa shape index (κ1) is 14.9. The number of nitrogens with zero attached hydrogens (tertiary/aromatic N) is 4. The molecule has 1 fully saturated rings. The second-order valence-corrected chi connectivity index (χ2v) is 7.40. The number of imidazole rings is 1. The number of thioether (sulfide) groups is 1. The predicted octanol–water partition coefficient (Wildman–Crippen LogP) is 3.42. The van der Waals surface area contributed by atoms with E-state index in [1.165, 1.54) is 25.6 Å². The van der Waals surface area contributed by atoms with Crippen molar-refractivity contribution in [2.75, 3.05) is 13.4 Å². The maximum atomic E-state index is 6.33. The van der Waals surface area contributed by atoms with Gasteiger partial charge < -0.3 is 9.30 Å². The smallest absolute Gasteiger partial charge is 0.245 e. The highest BCUT2D eigenvalue weighted by Crippen LogP contribution is 2.45. The Balaban J connectivity index is 2.12. The van der Waals surface area contributed by atoms with Crippen molar-refractivity contribution in [1.82, 2.24) is 19.5 Å². The Labute approximate surface area is 133 Å². The third-order valence-corrected chi connectivity index (χ3v) is 5.82. The number of halogens is 1. The molecule has 0 saturated heterocycles. The largest absolute Gasteiger partial charge is 0.479 e. The Kier molecular flexibility index (Phi) is 4.01. The van der Waals surface area contributed by atoms with Crippen LogP contribution in [0.1, 0.15) is 37.4 Å². The fraction of sp³-hybridized carbons (Fsp3) is 0.643. The van der Waals surface area contributed by atoms with Crippen LogP contribution in [0.25, 0.3) is 11.2 Å². The highest BCUT2D eigenvalue weighted by molar-refractivity contribution is 8.00. The van der Waals surface area contributed by atoms with Crippen molar-refractivity contribution in [3.63, 3.8) is 0 Å². The summed E-state index contributed by atoms with van der Waals surface area (Å²) < 4.78 is 7.73. The van der Waals surface area contributed by atoms with Crippen molar-refractivity contribution in [3.05, 3.63) is 12.2 Å². The topological polar surface area (TPSA) is 52.8 Å². The Bertz CT molecular complexity index is 648. The minimum atomic E-state index is -0.178. The lowest BCUT2D eigenvalue weighted by atomic mass is 9.84. The second-order valence-electron chi connectivity index (χ2n) is 5.47. The minimum Gasteiger partial charge on any atom is -0.479 e. The highest BCUT2D eigenvalue weighted by Gasteiger charge is 2.38. The highest BCUT2D eigenvalue weighted by atomic mass is 35.5. The standard InChI is InChI=1S/C14H19ClN4OS/c1-9(15)11-18-10-12(16-8-17-13(10)20-2)19(11)7-14(21-3)5-4-6-14/h8-9H,4-7H2,1-3H3. The Morgan fingerprint density at radius 2 is 2.24 bits per heavy atom. The monoisotopic (exact) mass is 326 g/mol. The summed E-state index contributed by atoms with van der Waals surface area (Å²) in [5.41, 5.74) is 1.50. The van der Waals surface area contributed by atoms with Gasteiger partial charge in [0.1, 0.15) is 12.2 Å². The molecule has 0 aromatic carbocycles. The van der Waals surface area contributed by atoms with Crippen molar-refractivity contribution in [1.29, 1.82) is 0 Å². The maximum Gasteiger partial charge on any atom is 0.245 e. The fourth-order valence-corrected chi connectivity index (χ4v) is 3.95. The summed E-state index contributed by atoms with van der Waals surface area (Å²) in [6.07, 6.45) is 7.45. The van der Waals surface area contributed by atoms with Crippen LogP contribution in [-0.2, 0) is 6.54 Å². The van der Waals surface area contributed by atoms with Crippen molar-refractivity contribution in [3.8, 4) is 5.88 Å². The van der Waals surface area contributed by atoms with Crippen LogP contribution in [0.3, 0.4) is 0 Å². The van der Waals surface area contributed by atoms with E-state index in [9.17, 15) is 0 Å². The first-order chi connectivity index (χ1) is 10.1. The molecule has 1 aliphatic carbocycles. The predicted molar refractivity (Wildman–Crippen MR) is 86.2 cm³/mol. The molecule has 1 saturated carbocycles. The van der Waals surface area contributed by atoms with Gasteiger partial charge in [-0.3, -0.25) is 0 Å². The molecule has 7 heteroatoms. The zero-order chi connectivity index (χ0) is 15.0. The van der Waals surface area contributed by atoms with Crippen LogP contribution in [0, 0.1) is 0 Å². The molecule has 0 radical (unpaired) electrons. The molecule has 0 spiro atoms. The quantitative estimate of drug-likeness (QED) is 0.788. The third-order valence-electron chi connectivity index (χ3n) is 4.22. The van der Waals surface area contributed by atoms with Gasteiger partial charge in [-0.1, -0.05) is 6.42 Å². The lowest BCUT2D eigenvalue weighted by molar-refractivity contribution is 0.321. The fourth-order valence-electron chi connectivity index (χ4n) is 2.83. The number of rotatable bonds is 5. The molecular formula is C14H19ClN4OS. The molecule has 21 heavy (non-hydrogen) atoms. The molecule has 2 aromatic heterocycles. The molecule has 0 N–H and O–H groups in total. The van der Waals surface area contributed by atoms with E-state index < -0.39 is 0 Å². The van der Waals surface area contributed by atoms with E-state index in [1.54, 1.807) is 7.11 Å². The van der Waals surface area contributed by atoms with E-state index in [-0.39, 0.29) is 10.1 Å². The molecule has 0 aliphatic heterocycles. The summed E-state index contributed by atoms with van der Waals surface area (Å²) in [5, 5.41) is -0.178. The SMILES string of the molecule is COc1ncnc2c1nc(C(C)Cl)n2CC1(SC)CCC1. The zero-order valence-electron chi connectivity index (χ0n) is 12.5. The molecule has 2 heterocycles. The second kappa shape index (κ2) is 5.65. The summed E-state index contributed by atoms with van der Waals surface area (Å²) in [4.78, 5) is 13.2. The normalized spacial score (nSPS) is 18.5. The number of aromatic nitrogens is 4. The van der Waals surface area contributed by atoms with Crippen molar-refractivity contribution in [2.24, 2.45) is 0 Å².